The van der Waals surface area contributed by atoms with Gasteiger partial charge in [-0.1, -0.05) is 6.92 Å². The van der Waals surface area contributed by atoms with E-state index in [2.05, 4.69) is 18.7 Å². The number of aliphatic hydroxyl groups is 1. The highest BCUT2D eigenvalue weighted by Crippen LogP contribution is 2.33. The van der Waals surface area contributed by atoms with Crippen LogP contribution in [0.2, 0.25) is 0 Å². The van der Waals surface area contributed by atoms with Crippen LogP contribution in [0.15, 0.2) is 0 Å². The van der Waals surface area contributed by atoms with Crippen molar-refractivity contribution in [2.75, 3.05) is 12.4 Å². The van der Waals surface area contributed by atoms with Gasteiger partial charge in [0.1, 0.15) is 0 Å². The molecule has 1 N–H and O–H groups in total. The first-order chi connectivity index (χ1) is 4.83. The molecule has 0 bridgehead atoms. The second-order valence-corrected chi connectivity index (χ2v) is 4.58. The van der Waals surface area contributed by atoms with Crippen molar-refractivity contribution in [3.05, 3.63) is 0 Å². The summed E-state index contributed by atoms with van der Waals surface area (Å²) in [5.74, 6) is 2.22. The molecule has 0 saturated carbocycles. The Balaban J connectivity index is 2.06. The fraction of sp³-hybridized carbons (Fsp3) is 1.00. The lowest BCUT2D eigenvalue weighted by Crippen LogP contribution is -2.00. The Morgan fingerprint density at radius 1 is 1.60 bits per heavy atom. The van der Waals surface area contributed by atoms with E-state index >= 15 is 0 Å². The van der Waals surface area contributed by atoms with Gasteiger partial charge in [-0.25, -0.2) is 0 Å². The SMILES string of the molecule is CC1CC(CCCO)CS1. The summed E-state index contributed by atoms with van der Waals surface area (Å²) in [6.45, 7) is 2.67. The van der Waals surface area contributed by atoms with E-state index in [1.54, 1.807) is 0 Å². The van der Waals surface area contributed by atoms with Gasteiger partial charge in [-0.05, 0) is 30.9 Å². The molecule has 2 unspecified atom stereocenters. The maximum Gasteiger partial charge on any atom is 0.0431 e. The second kappa shape index (κ2) is 4.24. The van der Waals surface area contributed by atoms with Gasteiger partial charge < -0.3 is 5.11 Å². The first kappa shape index (κ1) is 8.41. The van der Waals surface area contributed by atoms with Crippen LogP contribution in [0.1, 0.15) is 26.2 Å². The van der Waals surface area contributed by atoms with E-state index in [-0.39, 0.29) is 0 Å². The number of rotatable bonds is 3. The van der Waals surface area contributed by atoms with Crippen molar-refractivity contribution in [2.24, 2.45) is 5.92 Å². The molecule has 0 radical (unpaired) electrons. The molecule has 1 fully saturated rings. The molecule has 1 heterocycles. The average molecular weight is 160 g/mol. The molecular formula is C8H16OS. The standard InChI is InChI=1S/C8H16OS/c1-7-5-8(6-10-7)3-2-4-9/h7-9H,2-6H2,1H3. The molecule has 0 spiro atoms. The number of hydrogen-bond acceptors (Lipinski definition) is 2. The summed E-state index contributed by atoms with van der Waals surface area (Å²) in [5.41, 5.74) is 0. The van der Waals surface area contributed by atoms with Crippen LogP contribution in [-0.4, -0.2) is 22.7 Å². The third-order valence-electron chi connectivity index (χ3n) is 2.05. The summed E-state index contributed by atoms with van der Waals surface area (Å²) in [6.07, 6.45) is 3.59. The Hall–Kier alpha value is 0.310. The van der Waals surface area contributed by atoms with Crippen LogP contribution < -0.4 is 0 Å². The minimum Gasteiger partial charge on any atom is -0.396 e. The highest BCUT2D eigenvalue weighted by atomic mass is 32.2. The van der Waals surface area contributed by atoms with Crippen LogP contribution in [0.4, 0.5) is 0 Å². The predicted octanol–water partition coefficient (Wildman–Crippen LogP) is 1.90. The molecule has 1 rings (SSSR count). The maximum absolute atomic E-state index is 8.59. The molecule has 10 heavy (non-hydrogen) atoms. The fourth-order valence-corrected chi connectivity index (χ4v) is 2.80. The molecule has 0 aromatic carbocycles. The molecule has 60 valence electrons. The molecule has 1 nitrogen and oxygen atoms in total. The Kier molecular flexibility index (Phi) is 3.57. The zero-order chi connectivity index (χ0) is 7.40. The molecule has 1 saturated heterocycles. The minimum absolute atomic E-state index is 0.371. The average Bonchev–Trinajstić information content (AvgIpc) is 2.31. The molecule has 1 aliphatic rings. The van der Waals surface area contributed by atoms with Crippen molar-refractivity contribution in [3.8, 4) is 0 Å². The van der Waals surface area contributed by atoms with Gasteiger partial charge in [-0.2, -0.15) is 11.8 Å². The van der Waals surface area contributed by atoms with E-state index in [0.717, 1.165) is 17.6 Å². The number of aliphatic hydroxyl groups excluding tert-OH is 1. The van der Waals surface area contributed by atoms with Gasteiger partial charge in [0.2, 0.25) is 0 Å². The van der Waals surface area contributed by atoms with Gasteiger partial charge in [0.15, 0.2) is 0 Å². The normalized spacial score (nSPS) is 33.0. The van der Waals surface area contributed by atoms with Gasteiger partial charge in [0.05, 0.1) is 0 Å². The van der Waals surface area contributed by atoms with E-state index in [4.69, 9.17) is 5.11 Å². The van der Waals surface area contributed by atoms with Gasteiger partial charge in [-0.15, -0.1) is 0 Å². The van der Waals surface area contributed by atoms with Gasteiger partial charge >= 0.3 is 0 Å². The molecule has 0 aromatic rings. The summed E-state index contributed by atoms with van der Waals surface area (Å²) in [5, 5.41) is 9.45. The van der Waals surface area contributed by atoms with Crippen LogP contribution in [0.25, 0.3) is 0 Å². The van der Waals surface area contributed by atoms with Crippen molar-refractivity contribution in [2.45, 2.75) is 31.4 Å². The molecule has 2 heteroatoms. The van der Waals surface area contributed by atoms with Crippen molar-refractivity contribution in [1.29, 1.82) is 0 Å². The summed E-state index contributed by atoms with van der Waals surface area (Å²) >= 11 is 2.07. The Morgan fingerprint density at radius 2 is 2.40 bits per heavy atom. The highest BCUT2D eigenvalue weighted by molar-refractivity contribution is 8.00. The van der Waals surface area contributed by atoms with E-state index < -0.39 is 0 Å². The fourth-order valence-electron chi connectivity index (χ4n) is 1.49. The van der Waals surface area contributed by atoms with Crippen LogP contribution in [0, 0.1) is 5.92 Å². The largest absolute Gasteiger partial charge is 0.396 e. The molecule has 2 atom stereocenters. The Labute approximate surface area is 67.2 Å². The van der Waals surface area contributed by atoms with E-state index in [1.807, 2.05) is 0 Å². The summed E-state index contributed by atoms with van der Waals surface area (Å²) < 4.78 is 0. The number of hydrogen-bond donors (Lipinski definition) is 1. The van der Waals surface area contributed by atoms with Crippen molar-refractivity contribution in [1.82, 2.24) is 0 Å². The summed E-state index contributed by atoms with van der Waals surface area (Å²) in [7, 11) is 0. The topological polar surface area (TPSA) is 20.2 Å². The zero-order valence-corrected chi connectivity index (χ0v) is 7.36. The Bertz CT molecular complexity index is 95.3. The molecule has 0 aromatic heterocycles. The summed E-state index contributed by atoms with van der Waals surface area (Å²) in [6, 6.07) is 0. The smallest absolute Gasteiger partial charge is 0.0431 e. The van der Waals surface area contributed by atoms with Crippen LogP contribution >= 0.6 is 11.8 Å². The first-order valence-corrected chi connectivity index (χ1v) is 5.10. The zero-order valence-electron chi connectivity index (χ0n) is 6.55. The third-order valence-corrected chi connectivity index (χ3v) is 3.48. The molecule has 1 aliphatic heterocycles. The molecule has 0 amide bonds. The van der Waals surface area contributed by atoms with E-state index in [1.165, 1.54) is 18.6 Å². The monoisotopic (exact) mass is 160 g/mol. The van der Waals surface area contributed by atoms with Crippen LogP contribution in [0.3, 0.4) is 0 Å². The predicted molar refractivity (Wildman–Crippen MR) is 46.3 cm³/mol. The van der Waals surface area contributed by atoms with E-state index in [9.17, 15) is 0 Å². The van der Waals surface area contributed by atoms with Crippen molar-refractivity contribution in [3.63, 3.8) is 0 Å². The summed E-state index contributed by atoms with van der Waals surface area (Å²) in [4.78, 5) is 0. The molecular weight excluding hydrogens is 144 g/mol. The van der Waals surface area contributed by atoms with E-state index in [0.29, 0.717) is 6.61 Å². The minimum atomic E-state index is 0.371. The highest BCUT2D eigenvalue weighted by Gasteiger charge is 2.20. The van der Waals surface area contributed by atoms with Gasteiger partial charge in [0.25, 0.3) is 0 Å². The second-order valence-electron chi connectivity index (χ2n) is 3.11. The maximum atomic E-state index is 8.59. The molecule has 0 aliphatic carbocycles. The van der Waals surface area contributed by atoms with Crippen molar-refractivity contribution >= 4 is 11.8 Å². The van der Waals surface area contributed by atoms with Gasteiger partial charge in [0, 0.05) is 11.9 Å². The lowest BCUT2D eigenvalue weighted by atomic mass is 10.0. The van der Waals surface area contributed by atoms with Crippen molar-refractivity contribution < 1.29 is 5.11 Å². The first-order valence-electron chi connectivity index (χ1n) is 4.05. The lowest BCUT2D eigenvalue weighted by Gasteiger charge is -2.05. The number of thioether (sulfide) groups is 1. The van der Waals surface area contributed by atoms with Gasteiger partial charge in [-0.3, -0.25) is 0 Å². The van der Waals surface area contributed by atoms with Crippen LogP contribution in [-0.2, 0) is 0 Å². The quantitative estimate of drug-likeness (QED) is 0.680. The Morgan fingerprint density at radius 3 is 2.90 bits per heavy atom. The van der Waals surface area contributed by atoms with Crippen LogP contribution in [0.5, 0.6) is 0 Å². The lowest BCUT2D eigenvalue weighted by molar-refractivity contribution is 0.274. The third kappa shape index (κ3) is 2.51.